The van der Waals surface area contributed by atoms with Crippen LogP contribution in [0.1, 0.15) is 11.3 Å². The van der Waals surface area contributed by atoms with E-state index in [1.54, 1.807) is 32.5 Å². The van der Waals surface area contributed by atoms with E-state index >= 15 is 0 Å². The number of hydrogen-bond donors (Lipinski definition) is 2. The van der Waals surface area contributed by atoms with Gasteiger partial charge in [0.15, 0.2) is 5.96 Å². The largest absolute Gasteiger partial charge is 0.497 e. The lowest BCUT2D eigenvalue weighted by Crippen LogP contribution is -2.23. The van der Waals surface area contributed by atoms with Gasteiger partial charge in [0.1, 0.15) is 11.5 Å². The topological polar surface area (TPSA) is 81.8 Å². The fraction of sp³-hybridized carbons (Fsp3) is 0.250. The van der Waals surface area contributed by atoms with Crippen LogP contribution in [0, 0.1) is 6.92 Å². The van der Waals surface area contributed by atoms with Crippen molar-refractivity contribution in [2.75, 3.05) is 19.5 Å². The molecule has 2 aromatic rings. The van der Waals surface area contributed by atoms with Crippen LogP contribution in [-0.2, 0) is 6.54 Å². The van der Waals surface area contributed by atoms with Crippen molar-refractivity contribution in [3.63, 3.8) is 0 Å². The number of rotatable bonds is 5. The van der Waals surface area contributed by atoms with Gasteiger partial charge in [-0.1, -0.05) is 6.07 Å². The summed E-state index contributed by atoms with van der Waals surface area (Å²) in [7, 11) is 3.20. The predicted octanol–water partition coefficient (Wildman–Crippen LogP) is 2.95. The molecule has 3 N–H and O–H groups in total. The van der Waals surface area contributed by atoms with E-state index in [4.69, 9.17) is 15.2 Å². The zero-order valence-corrected chi connectivity index (χ0v) is 15.7. The highest BCUT2D eigenvalue weighted by Gasteiger charge is 2.06. The Hall–Kier alpha value is -2.03. The van der Waals surface area contributed by atoms with Crippen LogP contribution in [0.4, 0.5) is 5.69 Å². The molecule has 0 aliphatic heterocycles. The number of ether oxygens (including phenoxy) is 2. The minimum Gasteiger partial charge on any atom is -0.497 e. The molecule has 124 valence electrons. The second-order valence-electron chi connectivity index (χ2n) is 4.66. The summed E-state index contributed by atoms with van der Waals surface area (Å²) in [5.74, 6) is 1.65. The van der Waals surface area contributed by atoms with E-state index in [1.165, 1.54) is 0 Å². The lowest BCUT2D eigenvalue weighted by atomic mass is 10.2. The maximum absolute atomic E-state index is 5.93. The highest BCUT2D eigenvalue weighted by atomic mass is 127. The number of aryl methyl sites for hydroxylation is 1. The van der Waals surface area contributed by atoms with Crippen molar-refractivity contribution < 1.29 is 9.47 Å². The molecule has 0 saturated heterocycles. The van der Waals surface area contributed by atoms with Crippen molar-refractivity contribution in [1.29, 1.82) is 0 Å². The maximum atomic E-state index is 5.93. The number of aromatic nitrogens is 1. The number of guanidine groups is 1. The summed E-state index contributed by atoms with van der Waals surface area (Å²) in [6.07, 6.45) is 1.74. The molecular weight excluding hydrogens is 407 g/mol. The third-order valence-electron chi connectivity index (χ3n) is 3.19. The molecule has 1 aromatic heterocycles. The number of nitrogens with one attached hydrogen (secondary N) is 1. The third kappa shape index (κ3) is 5.27. The van der Waals surface area contributed by atoms with Crippen molar-refractivity contribution in [3.8, 4) is 11.5 Å². The van der Waals surface area contributed by atoms with Gasteiger partial charge in [0.25, 0.3) is 0 Å². The molecule has 0 fully saturated rings. The highest BCUT2D eigenvalue weighted by Crippen LogP contribution is 2.28. The minimum atomic E-state index is 0. The summed E-state index contributed by atoms with van der Waals surface area (Å²) in [5, 5.41) is 3.02. The average molecular weight is 428 g/mol. The van der Waals surface area contributed by atoms with E-state index in [0.717, 1.165) is 11.3 Å². The molecule has 23 heavy (non-hydrogen) atoms. The number of nitrogens with two attached hydrogens (primary N) is 1. The first-order chi connectivity index (χ1) is 10.6. The van der Waals surface area contributed by atoms with Crippen LogP contribution < -0.4 is 20.5 Å². The molecule has 0 saturated carbocycles. The van der Waals surface area contributed by atoms with Crippen LogP contribution in [0.3, 0.4) is 0 Å². The Morgan fingerprint density at radius 2 is 2.04 bits per heavy atom. The fourth-order valence-corrected chi connectivity index (χ4v) is 1.93. The lowest BCUT2D eigenvalue weighted by Gasteiger charge is -2.12. The van der Waals surface area contributed by atoms with Crippen LogP contribution >= 0.6 is 24.0 Å². The quantitative estimate of drug-likeness (QED) is 0.435. The van der Waals surface area contributed by atoms with Gasteiger partial charge in [-0.2, -0.15) is 0 Å². The van der Waals surface area contributed by atoms with Gasteiger partial charge in [-0.3, -0.25) is 4.98 Å². The van der Waals surface area contributed by atoms with Gasteiger partial charge in [-0.15, -0.1) is 24.0 Å². The number of aliphatic imine (C=N–C) groups is 1. The molecule has 0 spiro atoms. The zero-order valence-electron chi connectivity index (χ0n) is 13.4. The van der Waals surface area contributed by atoms with Crippen LogP contribution in [0.25, 0.3) is 0 Å². The van der Waals surface area contributed by atoms with Crippen LogP contribution in [-0.4, -0.2) is 25.2 Å². The van der Waals surface area contributed by atoms with Gasteiger partial charge in [-0.25, -0.2) is 4.99 Å². The second-order valence-corrected chi connectivity index (χ2v) is 4.66. The average Bonchev–Trinajstić information content (AvgIpc) is 2.54. The highest BCUT2D eigenvalue weighted by molar-refractivity contribution is 14.0. The van der Waals surface area contributed by atoms with E-state index in [9.17, 15) is 0 Å². The van der Waals surface area contributed by atoms with Crippen LogP contribution in [0.15, 0.2) is 41.5 Å². The van der Waals surface area contributed by atoms with Gasteiger partial charge in [0.05, 0.1) is 32.1 Å². The number of halogens is 1. The second kappa shape index (κ2) is 9.19. The molecule has 0 unspecified atom stereocenters. The molecule has 0 bridgehead atoms. The monoisotopic (exact) mass is 428 g/mol. The van der Waals surface area contributed by atoms with Crippen LogP contribution in [0.2, 0.25) is 0 Å². The van der Waals surface area contributed by atoms with Crippen molar-refractivity contribution in [1.82, 2.24) is 4.98 Å². The van der Waals surface area contributed by atoms with Gasteiger partial charge in [0.2, 0.25) is 0 Å². The number of benzene rings is 1. The normalized spacial score (nSPS) is 10.7. The van der Waals surface area contributed by atoms with E-state index < -0.39 is 0 Å². The van der Waals surface area contributed by atoms with Crippen molar-refractivity contribution in [3.05, 3.63) is 47.8 Å². The Morgan fingerprint density at radius 1 is 1.26 bits per heavy atom. The molecule has 7 heteroatoms. The summed E-state index contributed by atoms with van der Waals surface area (Å²) >= 11 is 0. The van der Waals surface area contributed by atoms with Crippen molar-refractivity contribution >= 4 is 35.6 Å². The van der Waals surface area contributed by atoms with E-state index in [2.05, 4.69) is 15.3 Å². The molecule has 2 rings (SSSR count). The Balaban J connectivity index is 0.00000264. The van der Waals surface area contributed by atoms with Gasteiger partial charge in [-0.05, 0) is 30.7 Å². The van der Waals surface area contributed by atoms with Crippen molar-refractivity contribution in [2.24, 2.45) is 10.7 Å². The summed E-state index contributed by atoms with van der Waals surface area (Å²) in [6, 6.07) is 9.30. The number of anilines is 1. The zero-order chi connectivity index (χ0) is 15.9. The first-order valence-electron chi connectivity index (χ1n) is 6.83. The number of nitrogens with zero attached hydrogens (tertiary/aromatic N) is 2. The lowest BCUT2D eigenvalue weighted by molar-refractivity contribution is 0.405. The van der Waals surface area contributed by atoms with E-state index in [-0.39, 0.29) is 29.9 Å². The number of pyridine rings is 1. The molecule has 0 atom stereocenters. The first-order valence-corrected chi connectivity index (χ1v) is 6.83. The van der Waals surface area contributed by atoms with E-state index in [1.807, 2.05) is 25.1 Å². The molecule has 0 aliphatic carbocycles. The molecule has 1 aromatic carbocycles. The van der Waals surface area contributed by atoms with Gasteiger partial charge in [0, 0.05) is 12.3 Å². The maximum Gasteiger partial charge on any atom is 0.193 e. The standard InChI is InChI=1S/C16H20N4O2.HI/c1-11-5-4-8-18-14(11)10-19-16(17)20-13-9-12(21-2)6-7-15(13)22-3;/h4-9H,10H2,1-3H3,(H3,17,19,20);1H. The van der Waals surface area contributed by atoms with Gasteiger partial charge < -0.3 is 20.5 Å². The Bertz CT molecular complexity index is 677. The molecule has 0 radical (unpaired) electrons. The molecule has 6 nitrogen and oxygen atoms in total. The molecular formula is C16H21IN4O2. The minimum absolute atomic E-state index is 0. The summed E-state index contributed by atoms with van der Waals surface area (Å²) in [6.45, 7) is 2.41. The van der Waals surface area contributed by atoms with Gasteiger partial charge >= 0.3 is 0 Å². The van der Waals surface area contributed by atoms with E-state index in [0.29, 0.717) is 23.7 Å². The first kappa shape index (κ1) is 19.0. The number of methoxy groups -OCH3 is 2. The Kier molecular flexibility index (Phi) is 7.60. The Labute approximate surface area is 153 Å². The molecule has 1 heterocycles. The molecule has 0 aliphatic rings. The summed E-state index contributed by atoms with van der Waals surface area (Å²) in [4.78, 5) is 8.59. The Morgan fingerprint density at radius 3 is 2.70 bits per heavy atom. The fourth-order valence-electron chi connectivity index (χ4n) is 1.93. The van der Waals surface area contributed by atoms with Crippen LogP contribution in [0.5, 0.6) is 11.5 Å². The molecule has 0 amide bonds. The predicted molar refractivity (Wildman–Crippen MR) is 103 cm³/mol. The summed E-state index contributed by atoms with van der Waals surface area (Å²) < 4.78 is 10.5. The number of hydrogen-bond acceptors (Lipinski definition) is 4. The summed E-state index contributed by atoms with van der Waals surface area (Å²) in [5.41, 5.74) is 8.60. The van der Waals surface area contributed by atoms with Crippen molar-refractivity contribution in [2.45, 2.75) is 13.5 Å². The third-order valence-corrected chi connectivity index (χ3v) is 3.19. The smallest absolute Gasteiger partial charge is 0.193 e. The SMILES string of the molecule is COc1ccc(OC)c(NC(N)=NCc2ncccc2C)c1.I.